The van der Waals surface area contributed by atoms with E-state index in [4.69, 9.17) is 0 Å². The van der Waals surface area contributed by atoms with Crippen LogP contribution in [0.4, 0.5) is 0 Å². The maximum Gasteiger partial charge on any atom is 0.115 e. The fraction of sp³-hybridized carbons (Fsp3) is 0.455. The Bertz CT molecular complexity index is 559. The predicted molar refractivity (Wildman–Crippen MR) is 98.5 cm³/mol. The summed E-state index contributed by atoms with van der Waals surface area (Å²) in [4.78, 5) is 0. The Morgan fingerprint density at radius 1 is 0.583 bits per heavy atom. The lowest BCUT2D eigenvalue weighted by molar-refractivity contribution is 0.327. The van der Waals surface area contributed by atoms with E-state index in [2.05, 4.69) is 0 Å². The first-order chi connectivity index (χ1) is 11.7. The predicted octanol–water partition coefficient (Wildman–Crippen LogP) is 5.98. The number of hydrogen-bond donors (Lipinski definition) is 2. The monoisotopic (exact) mass is 324 g/mol. The van der Waals surface area contributed by atoms with Crippen molar-refractivity contribution in [3.05, 3.63) is 59.7 Å². The highest BCUT2D eigenvalue weighted by atomic mass is 16.3. The summed E-state index contributed by atoms with van der Waals surface area (Å²) >= 11 is 0. The topological polar surface area (TPSA) is 40.5 Å². The number of hydrogen-bond acceptors (Lipinski definition) is 2. The van der Waals surface area contributed by atoms with Gasteiger partial charge in [-0.25, -0.2) is 0 Å². The molecule has 4 rings (SSSR count). The second-order valence-electron chi connectivity index (χ2n) is 7.12. The minimum Gasteiger partial charge on any atom is -0.508 e. The molecule has 2 aliphatic carbocycles. The SMILES string of the molecule is C1CC1.Oc1ccc(C(c2ccc(O)cc2)C2CCCCC2)cc1. The van der Waals surface area contributed by atoms with Crippen LogP contribution in [0.1, 0.15) is 68.4 Å². The fourth-order valence-corrected chi connectivity index (χ4v) is 3.57. The van der Waals surface area contributed by atoms with E-state index >= 15 is 0 Å². The third-order valence-electron chi connectivity index (χ3n) is 4.98. The highest BCUT2D eigenvalue weighted by Gasteiger charge is 2.26. The lowest BCUT2D eigenvalue weighted by Gasteiger charge is -2.31. The molecule has 2 nitrogen and oxygen atoms in total. The van der Waals surface area contributed by atoms with E-state index in [1.165, 1.54) is 62.5 Å². The highest BCUT2D eigenvalue weighted by Crippen LogP contribution is 2.41. The van der Waals surface area contributed by atoms with Gasteiger partial charge in [0.25, 0.3) is 0 Å². The van der Waals surface area contributed by atoms with E-state index < -0.39 is 0 Å². The van der Waals surface area contributed by atoms with Gasteiger partial charge in [0.15, 0.2) is 0 Å². The first-order valence-electron chi connectivity index (χ1n) is 9.32. The Kier molecular flexibility index (Phi) is 5.79. The standard InChI is InChI=1S/C19H22O2.C3H6/c20-17-10-6-15(7-11-17)19(14-4-2-1-3-5-14)16-8-12-18(21)13-9-16;1-2-3-1/h6-14,19-21H,1-5H2;1-3H2. The van der Waals surface area contributed by atoms with Crippen LogP contribution in [0.2, 0.25) is 0 Å². The quantitative estimate of drug-likeness (QED) is 0.729. The molecule has 128 valence electrons. The van der Waals surface area contributed by atoms with Gasteiger partial charge in [-0.05, 0) is 54.2 Å². The average Bonchev–Trinajstić information content (AvgIpc) is 3.49. The van der Waals surface area contributed by atoms with Gasteiger partial charge in [-0.3, -0.25) is 0 Å². The molecule has 2 saturated carbocycles. The normalized spacial score (nSPS) is 17.2. The summed E-state index contributed by atoms with van der Waals surface area (Å²) in [6.07, 6.45) is 11.0. The van der Waals surface area contributed by atoms with Crippen molar-refractivity contribution >= 4 is 0 Å². The van der Waals surface area contributed by atoms with Crippen LogP contribution in [-0.2, 0) is 0 Å². The molecule has 2 fully saturated rings. The van der Waals surface area contributed by atoms with Crippen molar-refractivity contribution in [2.75, 3.05) is 0 Å². The smallest absolute Gasteiger partial charge is 0.115 e. The Balaban J connectivity index is 0.000000508. The zero-order chi connectivity index (χ0) is 16.8. The van der Waals surface area contributed by atoms with E-state index in [1.54, 1.807) is 24.3 Å². The van der Waals surface area contributed by atoms with Crippen LogP contribution in [0.15, 0.2) is 48.5 Å². The molecule has 2 aromatic rings. The molecule has 2 aliphatic rings. The van der Waals surface area contributed by atoms with Gasteiger partial charge in [-0.15, -0.1) is 0 Å². The lowest BCUT2D eigenvalue weighted by atomic mass is 9.73. The van der Waals surface area contributed by atoms with Gasteiger partial charge < -0.3 is 10.2 Å². The van der Waals surface area contributed by atoms with Gasteiger partial charge in [0.1, 0.15) is 11.5 Å². The van der Waals surface area contributed by atoms with Crippen LogP contribution < -0.4 is 0 Å². The Morgan fingerprint density at radius 2 is 0.958 bits per heavy atom. The largest absolute Gasteiger partial charge is 0.508 e. The van der Waals surface area contributed by atoms with Crippen LogP contribution >= 0.6 is 0 Å². The second kappa shape index (κ2) is 8.23. The molecule has 24 heavy (non-hydrogen) atoms. The number of rotatable bonds is 3. The zero-order valence-electron chi connectivity index (χ0n) is 14.3. The zero-order valence-corrected chi connectivity index (χ0v) is 14.3. The van der Waals surface area contributed by atoms with Gasteiger partial charge in [0.2, 0.25) is 0 Å². The van der Waals surface area contributed by atoms with Crippen molar-refractivity contribution in [1.82, 2.24) is 0 Å². The van der Waals surface area contributed by atoms with Crippen molar-refractivity contribution in [2.24, 2.45) is 5.92 Å². The number of aromatic hydroxyl groups is 2. The van der Waals surface area contributed by atoms with Crippen molar-refractivity contribution in [2.45, 2.75) is 57.3 Å². The fourth-order valence-electron chi connectivity index (χ4n) is 3.57. The minimum absolute atomic E-state index is 0.312. The summed E-state index contributed by atoms with van der Waals surface area (Å²) in [7, 11) is 0. The van der Waals surface area contributed by atoms with Gasteiger partial charge in [-0.2, -0.15) is 0 Å². The van der Waals surface area contributed by atoms with Gasteiger partial charge in [-0.1, -0.05) is 62.8 Å². The summed E-state index contributed by atoms with van der Waals surface area (Å²) in [5.41, 5.74) is 2.51. The maximum atomic E-state index is 9.52. The molecule has 0 heterocycles. The van der Waals surface area contributed by atoms with Crippen LogP contribution in [0.5, 0.6) is 11.5 Å². The van der Waals surface area contributed by atoms with E-state index in [1.807, 2.05) is 24.3 Å². The van der Waals surface area contributed by atoms with E-state index in [0.29, 0.717) is 23.3 Å². The highest BCUT2D eigenvalue weighted by molar-refractivity contribution is 5.38. The molecule has 0 atom stereocenters. The van der Waals surface area contributed by atoms with Gasteiger partial charge in [0.05, 0.1) is 0 Å². The maximum absolute atomic E-state index is 9.52. The molecule has 0 spiro atoms. The molecule has 2 aromatic carbocycles. The Labute approximate surface area is 145 Å². The average molecular weight is 324 g/mol. The molecule has 0 aromatic heterocycles. The molecule has 0 bridgehead atoms. The number of benzene rings is 2. The van der Waals surface area contributed by atoms with Crippen LogP contribution in [0.3, 0.4) is 0 Å². The van der Waals surface area contributed by atoms with Gasteiger partial charge >= 0.3 is 0 Å². The molecule has 0 amide bonds. The van der Waals surface area contributed by atoms with E-state index in [9.17, 15) is 10.2 Å². The Morgan fingerprint density at radius 3 is 1.33 bits per heavy atom. The van der Waals surface area contributed by atoms with Crippen molar-refractivity contribution in [3.63, 3.8) is 0 Å². The molecule has 0 radical (unpaired) electrons. The third kappa shape index (κ3) is 4.77. The summed E-state index contributed by atoms with van der Waals surface area (Å²) in [6.45, 7) is 0. The van der Waals surface area contributed by atoms with Crippen LogP contribution in [0.25, 0.3) is 0 Å². The molecule has 0 unspecified atom stereocenters. The van der Waals surface area contributed by atoms with Crippen LogP contribution in [-0.4, -0.2) is 10.2 Å². The summed E-state index contributed by atoms with van der Waals surface area (Å²) in [6, 6.07) is 15.2. The van der Waals surface area contributed by atoms with Crippen molar-refractivity contribution < 1.29 is 10.2 Å². The summed E-state index contributed by atoms with van der Waals surface area (Å²) in [5.74, 6) is 1.62. The molecule has 2 heteroatoms. The Hall–Kier alpha value is -1.96. The first-order valence-corrected chi connectivity index (χ1v) is 9.32. The number of phenolic OH excluding ortho intramolecular Hbond substituents is 2. The van der Waals surface area contributed by atoms with E-state index in [-0.39, 0.29) is 0 Å². The summed E-state index contributed by atoms with van der Waals surface area (Å²) in [5, 5.41) is 19.0. The van der Waals surface area contributed by atoms with Crippen molar-refractivity contribution in [1.29, 1.82) is 0 Å². The minimum atomic E-state index is 0.312. The molecular formula is C22H28O2. The molecule has 0 aliphatic heterocycles. The lowest BCUT2D eigenvalue weighted by Crippen LogP contribution is -2.17. The number of phenols is 2. The molecule has 0 saturated heterocycles. The molecule has 2 N–H and O–H groups in total. The van der Waals surface area contributed by atoms with Crippen LogP contribution in [0, 0.1) is 5.92 Å². The molecular weight excluding hydrogens is 296 g/mol. The van der Waals surface area contributed by atoms with Gasteiger partial charge in [0, 0.05) is 5.92 Å². The van der Waals surface area contributed by atoms with Crippen molar-refractivity contribution in [3.8, 4) is 11.5 Å². The summed E-state index contributed by atoms with van der Waals surface area (Å²) < 4.78 is 0. The second-order valence-corrected chi connectivity index (χ2v) is 7.12. The third-order valence-corrected chi connectivity index (χ3v) is 4.98. The first kappa shape index (κ1) is 16.9. The van der Waals surface area contributed by atoms with E-state index in [0.717, 1.165) is 0 Å².